The molecule has 5 heteroatoms. The average Bonchev–Trinajstić information content (AvgIpc) is 2.43. The van der Waals surface area contributed by atoms with E-state index in [0.29, 0.717) is 18.3 Å². The average molecular weight is 286 g/mol. The van der Waals surface area contributed by atoms with Crippen LogP contribution in [0.5, 0.6) is 0 Å². The van der Waals surface area contributed by atoms with Crippen molar-refractivity contribution in [2.24, 2.45) is 5.92 Å². The third-order valence-electron chi connectivity index (χ3n) is 3.27. The molecule has 1 atom stereocenters. The summed E-state index contributed by atoms with van der Waals surface area (Å²) in [5.74, 6) is 0.787. The quantitative estimate of drug-likeness (QED) is 0.829. The summed E-state index contributed by atoms with van der Waals surface area (Å²) in [5.41, 5.74) is 7.38. The number of anilines is 2. The highest BCUT2D eigenvalue weighted by Gasteiger charge is 2.10. The first kappa shape index (κ1) is 15.1. The Labute approximate surface area is 124 Å². The Kier molecular flexibility index (Phi) is 4.62. The topological polar surface area (TPSA) is 72.9 Å². The molecular weight excluding hydrogens is 264 g/mol. The van der Waals surface area contributed by atoms with Gasteiger partial charge in [-0.15, -0.1) is 0 Å². The molecule has 0 aliphatic carbocycles. The Morgan fingerprint density at radius 3 is 2.52 bits per heavy atom. The van der Waals surface area contributed by atoms with Gasteiger partial charge in [-0.1, -0.05) is 26.0 Å². The van der Waals surface area contributed by atoms with E-state index in [1.165, 1.54) is 0 Å². The summed E-state index contributed by atoms with van der Waals surface area (Å²) in [7, 11) is 0. The normalized spacial score (nSPS) is 12.4. The number of benzene rings is 1. The van der Waals surface area contributed by atoms with Crippen LogP contribution in [0, 0.1) is 5.92 Å². The molecule has 2 rings (SSSR count). The highest BCUT2D eigenvalue weighted by molar-refractivity contribution is 5.42. The van der Waals surface area contributed by atoms with Crippen LogP contribution in [0.2, 0.25) is 0 Å². The predicted octanol–water partition coefficient (Wildman–Crippen LogP) is 2.65. The first-order valence-corrected chi connectivity index (χ1v) is 7.14. The van der Waals surface area contributed by atoms with Crippen LogP contribution in [0.3, 0.4) is 0 Å². The lowest BCUT2D eigenvalue weighted by Gasteiger charge is -2.16. The van der Waals surface area contributed by atoms with Crippen molar-refractivity contribution in [3.05, 3.63) is 52.6 Å². The zero-order valence-electron chi connectivity index (χ0n) is 12.7. The number of nitrogens with two attached hydrogens (primary N) is 1. The van der Waals surface area contributed by atoms with E-state index in [2.05, 4.69) is 24.1 Å². The molecule has 2 aromatic rings. The summed E-state index contributed by atoms with van der Waals surface area (Å²) < 4.78 is 1.69. The number of hydrogen-bond donors (Lipinski definition) is 2. The Hall–Kier alpha value is -2.30. The van der Waals surface area contributed by atoms with Gasteiger partial charge in [0.2, 0.25) is 0 Å². The van der Waals surface area contributed by atoms with Gasteiger partial charge in [-0.2, -0.15) is 0 Å². The maximum atomic E-state index is 12.3. The molecule has 0 aliphatic heterocycles. The van der Waals surface area contributed by atoms with Gasteiger partial charge in [0.15, 0.2) is 5.82 Å². The van der Waals surface area contributed by atoms with Gasteiger partial charge in [0.25, 0.3) is 5.56 Å². The predicted molar refractivity (Wildman–Crippen MR) is 86.2 cm³/mol. The number of nitrogens with one attached hydrogen (secondary N) is 1. The zero-order valence-corrected chi connectivity index (χ0v) is 12.7. The van der Waals surface area contributed by atoms with E-state index in [1.54, 1.807) is 17.0 Å². The summed E-state index contributed by atoms with van der Waals surface area (Å²) in [5, 5.41) is 3.17. The van der Waals surface area contributed by atoms with Crippen molar-refractivity contribution in [1.29, 1.82) is 0 Å². The number of nitrogens with zero attached hydrogens (tertiary/aromatic N) is 2. The molecule has 112 valence electrons. The van der Waals surface area contributed by atoms with E-state index in [-0.39, 0.29) is 11.6 Å². The van der Waals surface area contributed by atoms with Gasteiger partial charge in [0.1, 0.15) is 0 Å². The van der Waals surface area contributed by atoms with Crippen LogP contribution in [0.4, 0.5) is 11.5 Å². The van der Waals surface area contributed by atoms with Gasteiger partial charge in [0, 0.05) is 24.6 Å². The molecule has 0 spiro atoms. The van der Waals surface area contributed by atoms with Crippen molar-refractivity contribution < 1.29 is 0 Å². The van der Waals surface area contributed by atoms with Crippen molar-refractivity contribution in [3.8, 4) is 0 Å². The molecule has 3 N–H and O–H groups in total. The Morgan fingerprint density at radius 1 is 1.24 bits per heavy atom. The summed E-state index contributed by atoms with van der Waals surface area (Å²) in [4.78, 5) is 16.5. The number of aromatic nitrogens is 2. The Morgan fingerprint density at radius 2 is 1.90 bits per heavy atom. The fraction of sp³-hybridized carbons (Fsp3) is 0.375. The monoisotopic (exact) mass is 286 g/mol. The molecule has 0 fully saturated rings. The van der Waals surface area contributed by atoms with E-state index in [9.17, 15) is 4.79 Å². The minimum atomic E-state index is -0.0894. The SMILES string of the molecule is CC(C)Cn1ccnc(NC(C)c2ccc(N)cc2)c1=O. The van der Waals surface area contributed by atoms with Gasteiger partial charge in [-0.3, -0.25) is 4.79 Å². The zero-order chi connectivity index (χ0) is 15.4. The largest absolute Gasteiger partial charge is 0.399 e. The lowest BCUT2D eigenvalue weighted by atomic mass is 10.1. The minimum Gasteiger partial charge on any atom is -0.399 e. The second kappa shape index (κ2) is 6.43. The molecule has 0 saturated carbocycles. The van der Waals surface area contributed by atoms with E-state index in [1.807, 2.05) is 31.2 Å². The fourth-order valence-electron chi connectivity index (χ4n) is 2.16. The van der Waals surface area contributed by atoms with Crippen molar-refractivity contribution in [1.82, 2.24) is 9.55 Å². The van der Waals surface area contributed by atoms with Crippen LogP contribution < -0.4 is 16.6 Å². The molecule has 0 saturated heterocycles. The second-order valence-electron chi connectivity index (χ2n) is 5.66. The molecule has 0 radical (unpaired) electrons. The standard InChI is InChI=1S/C16H22N4O/c1-11(2)10-20-9-8-18-15(16(20)21)19-12(3)13-4-6-14(17)7-5-13/h4-9,11-12H,10,17H2,1-3H3,(H,18,19). The summed E-state index contributed by atoms with van der Waals surface area (Å²) in [6.07, 6.45) is 3.38. The van der Waals surface area contributed by atoms with Gasteiger partial charge in [0.05, 0.1) is 6.04 Å². The molecule has 21 heavy (non-hydrogen) atoms. The molecule has 1 aromatic heterocycles. The van der Waals surface area contributed by atoms with Crippen LogP contribution in [-0.2, 0) is 6.54 Å². The van der Waals surface area contributed by atoms with Crippen molar-refractivity contribution in [3.63, 3.8) is 0 Å². The molecule has 1 unspecified atom stereocenters. The van der Waals surface area contributed by atoms with Gasteiger partial charge in [-0.05, 0) is 30.5 Å². The van der Waals surface area contributed by atoms with Crippen LogP contribution in [0.15, 0.2) is 41.5 Å². The van der Waals surface area contributed by atoms with E-state index >= 15 is 0 Å². The molecule has 0 amide bonds. The smallest absolute Gasteiger partial charge is 0.293 e. The van der Waals surface area contributed by atoms with Gasteiger partial charge < -0.3 is 15.6 Å². The first-order chi connectivity index (χ1) is 9.97. The molecule has 5 nitrogen and oxygen atoms in total. The van der Waals surface area contributed by atoms with Crippen molar-refractivity contribution >= 4 is 11.5 Å². The molecule has 1 aromatic carbocycles. The Bertz CT molecular complexity index is 646. The molecular formula is C16H22N4O. The summed E-state index contributed by atoms with van der Waals surface area (Å²) in [6, 6.07) is 7.58. The summed E-state index contributed by atoms with van der Waals surface area (Å²) >= 11 is 0. The van der Waals surface area contributed by atoms with Crippen LogP contribution in [0.1, 0.15) is 32.4 Å². The third-order valence-corrected chi connectivity index (χ3v) is 3.27. The third kappa shape index (κ3) is 3.84. The maximum Gasteiger partial charge on any atom is 0.293 e. The lowest BCUT2D eigenvalue weighted by Crippen LogP contribution is -2.26. The van der Waals surface area contributed by atoms with Crippen LogP contribution in [-0.4, -0.2) is 9.55 Å². The highest BCUT2D eigenvalue weighted by atomic mass is 16.1. The number of nitrogen functional groups attached to an aromatic ring is 1. The minimum absolute atomic E-state index is 0.0132. The van der Waals surface area contributed by atoms with Gasteiger partial charge in [-0.25, -0.2) is 4.98 Å². The summed E-state index contributed by atoms with van der Waals surface area (Å²) in [6.45, 7) is 6.84. The fourth-order valence-corrected chi connectivity index (χ4v) is 2.16. The van der Waals surface area contributed by atoms with E-state index in [4.69, 9.17) is 5.73 Å². The lowest BCUT2D eigenvalue weighted by molar-refractivity contribution is 0.509. The van der Waals surface area contributed by atoms with E-state index in [0.717, 1.165) is 11.3 Å². The van der Waals surface area contributed by atoms with Gasteiger partial charge >= 0.3 is 0 Å². The van der Waals surface area contributed by atoms with Crippen LogP contribution in [0.25, 0.3) is 0 Å². The Balaban J connectivity index is 2.19. The molecule has 1 heterocycles. The number of rotatable bonds is 5. The molecule has 0 bridgehead atoms. The van der Waals surface area contributed by atoms with Crippen LogP contribution >= 0.6 is 0 Å². The number of hydrogen-bond acceptors (Lipinski definition) is 4. The second-order valence-corrected chi connectivity index (χ2v) is 5.66. The van der Waals surface area contributed by atoms with Crippen molar-refractivity contribution in [2.75, 3.05) is 11.1 Å². The van der Waals surface area contributed by atoms with E-state index < -0.39 is 0 Å². The van der Waals surface area contributed by atoms with Crippen molar-refractivity contribution in [2.45, 2.75) is 33.4 Å². The maximum absolute atomic E-state index is 12.3. The first-order valence-electron chi connectivity index (χ1n) is 7.14. The highest BCUT2D eigenvalue weighted by Crippen LogP contribution is 2.17. The molecule has 0 aliphatic rings.